The molecule has 1 aliphatic rings. The Morgan fingerprint density at radius 3 is 2.48 bits per heavy atom. The van der Waals surface area contributed by atoms with E-state index < -0.39 is 19.9 Å². The van der Waals surface area contributed by atoms with Gasteiger partial charge in [0.25, 0.3) is 10.0 Å². The maximum absolute atomic E-state index is 13.6. The average Bonchev–Trinajstić information content (AvgIpc) is 3.18. The normalized spacial score (nSPS) is 15.2. The topological polar surface area (TPSA) is 121 Å². The second-order valence-electron chi connectivity index (χ2n) is 7.63. The third kappa shape index (κ3) is 3.55. The van der Waals surface area contributed by atoms with Crippen molar-refractivity contribution in [2.45, 2.75) is 16.7 Å². The lowest BCUT2D eigenvalue weighted by Crippen LogP contribution is -2.39. The van der Waals surface area contributed by atoms with Gasteiger partial charge in [0, 0.05) is 19.5 Å². The van der Waals surface area contributed by atoms with Crippen LogP contribution in [0.3, 0.4) is 0 Å². The lowest BCUT2D eigenvalue weighted by atomic mass is 10.0. The lowest BCUT2D eigenvalue weighted by Gasteiger charge is -2.30. The molecule has 5 rings (SSSR count). The molecular weight excluding hydrogens is 462 g/mol. The molecule has 0 saturated heterocycles. The molecule has 33 heavy (non-hydrogen) atoms. The lowest BCUT2D eigenvalue weighted by molar-refractivity contribution is 0.559. The number of hydrogen-bond acceptors (Lipinski definition) is 7. The number of hydrogen-bond donors (Lipinski definition) is 0. The Hall–Kier alpha value is -3.68. The van der Waals surface area contributed by atoms with Crippen LogP contribution in [0.2, 0.25) is 0 Å². The van der Waals surface area contributed by atoms with Crippen molar-refractivity contribution in [3.63, 3.8) is 0 Å². The summed E-state index contributed by atoms with van der Waals surface area (Å²) in [7, 11) is -7.72. The number of nitrogens with zero attached hydrogens (tertiary/aromatic N) is 3. The molecule has 0 atom stereocenters. The van der Waals surface area contributed by atoms with Gasteiger partial charge in [-0.25, -0.2) is 21.8 Å². The SMILES string of the molecule is Cc1nc2ccc(S(=O)(=O)N3CCS(=O)(=O)c4ccc(-c5ccc(C#N)cc5)cc43)cc2o1. The van der Waals surface area contributed by atoms with E-state index in [0.717, 1.165) is 9.87 Å². The van der Waals surface area contributed by atoms with Crippen molar-refractivity contribution in [2.75, 3.05) is 16.6 Å². The highest BCUT2D eigenvalue weighted by molar-refractivity contribution is 7.94. The van der Waals surface area contributed by atoms with Crippen LogP contribution < -0.4 is 4.31 Å². The van der Waals surface area contributed by atoms with Gasteiger partial charge in [-0.1, -0.05) is 18.2 Å². The second kappa shape index (κ2) is 7.43. The van der Waals surface area contributed by atoms with Gasteiger partial charge in [0.05, 0.1) is 32.9 Å². The van der Waals surface area contributed by atoms with Crippen LogP contribution in [-0.2, 0) is 19.9 Å². The predicted octanol–water partition coefficient (Wildman–Crippen LogP) is 3.66. The summed E-state index contributed by atoms with van der Waals surface area (Å²) in [6.45, 7) is 1.46. The van der Waals surface area contributed by atoms with E-state index in [4.69, 9.17) is 9.68 Å². The number of benzene rings is 3. The molecule has 0 aliphatic carbocycles. The Kier molecular flexibility index (Phi) is 4.77. The summed E-state index contributed by atoms with van der Waals surface area (Å²) < 4.78 is 59.2. The van der Waals surface area contributed by atoms with Crippen LogP contribution in [0.5, 0.6) is 0 Å². The fourth-order valence-electron chi connectivity index (χ4n) is 3.88. The van der Waals surface area contributed by atoms with Crippen LogP contribution in [0.25, 0.3) is 22.2 Å². The minimum Gasteiger partial charge on any atom is -0.441 e. The molecule has 10 heteroatoms. The molecule has 0 radical (unpaired) electrons. The number of nitriles is 1. The summed E-state index contributed by atoms with van der Waals surface area (Å²) in [5.74, 6) is 0.0973. The molecule has 1 aliphatic heterocycles. The predicted molar refractivity (Wildman–Crippen MR) is 122 cm³/mol. The summed E-state index contributed by atoms with van der Waals surface area (Å²) in [6, 6.07) is 17.8. The van der Waals surface area contributed by atoms with E-state index in [9.17, 15) is 16.8 Å². The zero-order valence-corrected chi connectivity index (χ0v) is 19.0. The van der Waals surface area contributed by atoms with Crippen molar-refractivity contribution in [3.8, 4) is 17.2 Å². The van der Waals surface area contributed by atoms with Gasteiger partial charge in [0.15, 0.2) is 21.3 Å². The second-order valence-corrected chi connectivity index (χ2v) is 11.6. The first-order chi connectivity index (χ1) is 15.7. The summed E-state index contributed by atoms with van der Waals surface area (Å²) in [4.78, 5) is 4.14. The molecule has 3 aromatic carbocycles. The Labute approximate surface area is 190 Å². The third-order valence-electron chi connectivity index (χ3n) is 5.53. The van der Waals surface area contributed by atoms with E-state index in [1.807, 2.05) is 6.07 Å². The van der Waals surface area contributed by atoms with Gasteiger partial charge in [-0.05, 0) is 47.5 Å². The van der Waals surface area contributed by atoms with E-state index >= 15 is 0 Å². The van der Waals surface area contributed by atoms with E-state index in [-0.39, 0.29) is 27.8 Å². The van der Waals surface area contributed by atoms with Crippen LogP contribution in [0.15, 0.2) is 74.9 Å². The maximum Gasteiger partial charge on any atom is 0.264 e. The van der Waals surface area contributed by atoms with Gasteiger partial charge in [-0.15, -0.1) is 0 Å². The fourth-order valence-corrected chi connectivity index (χ4v) is 6.95. The molecule has 2 heterocycles. The van der Waals surface area contributed by atoms with Crippen LogP contribution in [0, 0.1) is 18.3 Å². The van der Waals surface area contributed by atoms with Crippen LogP contribution >= 0.6 is 0 Å². The van der Waals surface area contributed by atoms with Crippen LogP contribution in [0.1, 0.15) is 11.5 Å². The van der Waals surface area contributed by atoms with Crippen molar-refractivity contribution in [2.24, 2.45) is 0 Å². The summed E-state index contributed by atoms with van der Waals surface area (Å²) >= 11 is 0. The third-order valence-corrected chi connectivity index (χ3v) is 9.07. The van der Waals surface area contributed by atoms with Crippen molar-refractivity contribution in [1.82, 2.24) is 4.98 Å². The standard InChI is InChI=1S/C23H17N3O5S2/c1-15-25-20-8-7-19(13-22(20)31-15)33(29,30)26-10-11-32(27,28)23-9-6-18(12-21(23)26)17-4-2-16(14-24)3-5-17/h2-9,12-13H,10-11H2,1H3. The Bertz CT molecular complexity index is 1670. The Morgan fingerprint density at radius 2 is 1.76 bits per heavy atom. The quantitative estimate of drug-likeness (QED) is 0.439. The molecule has 4 aromatic rings. The molecule has 0 N–H and O–H groups in total. The summed E-state index contributed by atoms with van der Waals surface area (Å²) in [5.41, 5.74) is 2.83. The molecule has 166 valence electrons. The minimum atomic E-state index is -4.08. The zero-order valence-electron chi connectivity index (χ0n) is 17.4. The van der Waals surface area contributed by atoms with Gasteiger partial charge in [-0.3, -0.25) is 4.31 Å². The minimum absolute atomic E-state index is 0.0137. The van der Waals surface area contributed by atoms with Gasteiger partial charge < -0.3 is 4.42 Å². The highest BCUT2D eigenvalue weighted by atomic mass is 32.2. The number of rotatable bonds is 3. The maximum atomic E-state index is 13.6. The number of aromatic nitrogens is 1. The fraction of sp³-hybridized carbons (Fsp3) is 0.130. The number of fused-ring (bicyclic) bond motifs is 2. The van der Waals surface area contributed by atoms with Crippen LogP contribution in [0.4, 0.5) is 5.69 Å². The number of aryl methyl sites for hydroxylation is 1. The monoisotopic (exact) mass is 479 g/mol. The van der Waals surface area contributed by atoms with E-state index in [1.165, 1.54) is 18.2 Å². The Balaban J connectivity index is 1.65. The number of anilines is 1. The van der Waals surface area contributed by atoms with Crippen molar-refractivity contribution < 1.29 is 21.3 Å². The molecule has 0 saturated carbocycles. The number of sulfonamides is 1. The average molecular weight is 480 g/mol. The zero-order chi connectivity index (χ0) is 23.4. The molecule has 0 unspecified atom stereocenters. The highest BCUT2D eigenvalue weighted by Crippen LogP contribution is 2.38. The molecular formula is C23H17N3O5S2. The Morgan fingerprint density at radius 1 is 1.03 bits per heavy atom. The summed E-state index contributed by atoms with van der Waals surface area (Å²) in [6.07, 6.45) is 0. The first kappa shape index (κ1) is 21.2. The molecule has 1 aromatic heterocycles. The van der Waals surface area contributed by atoms with E-state index in [2.05, 4.69) is 4.98 Å². The first-order valence-electron chi connectivity index (χ1n) is 9.96. The van der Waals surface area contributed by atoms with Crippen molar-refractivity contribution in [3.05, 3.63) is 72.1 Å². The van der Waals surface area contributed by atoms with Crippen LogP contribution in [-0.4, -0.2) is 34.1 Å². The number of oxazole rings is 1. The molecule has 0 fully saturated rings. The smallest absolute Gasteiger partial charge is 0.264 e. The van der Waals surface area contributed by atoms with Crippen molar-refractivity contribution in [1.29, 1.82) is 5.26 Å². The number of sulfone groups is 1. The van der Waals surface area contributed by atoms with Gasteiger partial charge in [0.1, 0.15) is 5.52 Å². The molecule has 8 nitrogen and oxygen atoms in total. The molecule has 0 spiro atoms. The molecule has 0 amide bonds. The largest absolute Gasteiger partial charge is 0.441 e. The van der Waals surface area contributed by atoms with Crippen molar-refractivity contribution >= 4 is 36.6 Å². The van der Waals surface area contributed by atoms with E-state index in [0.29, 0.717) is 28.1 Å². The van der Waals surface area contributed by atoms with E-state index in [1.54, 1.807) is 49.4 Å². The van der Waals surface area contributed by atoms with Gasteiger partial charge >= 0.3 is 0 Å². The summed E-state index contributed by atoms with van der Waals surface area (Å²) in [5, 5.41) is 9.01. The molecule has 0 bridgehead atoms. The van der Waals surface area contributed by atoms with Gasteiger partial charge in [0.2, 0.25) is 0 Å². The first-order valence-corrected chi connectivity index (χ1v) is 13.1. The van der Waals surface area contributed by atoms with Gasteiger partial charge in [-0.2, -0.15) is 5.26 Å². The highest BCUT2D eigenvalue weighted by Gasteiger charge is 2.36.